The van der Waals surface area contributed by atoms with Crippen molar-refractivity contribution in [3.63, 3.8) is 0 Å². The Kier molecular flexibility index (Phi) is 2.74. The number of halogens is 2. The fraction of sp³-hybridized carbons (Fsp3) is 0.143. The number of nitrogens with one attached hydrogen (secondary N) is 1. The summed E-state index contributed by atoms with van der Waals surface area (Å²) in [6.07, 6.45) is 0. The molecular weight excluding hydrogens is 258 g/mol. The summed E-state index contributed by atoms with van der Waals surface area (Å²) in [5.41, 5.74) is 1.09. The van der Waals surface area contributed by atoms with E-state index in [0.717, 1.165) is 14.6 Å². The Morgan fingerprint density at radius 2 is 2.00 bits per heavy atom. The molecule has 0 saturated heterocycles. The molecular formula is C7H7Br2N. The third-order valence-corrected chi connectivity index (χ3v) is 2.38. The Morgan fingerprint density at radius 3 is 2.50 bits per heavy atom. The summed E-state index contributed by atoms with van der Waals surface area (Å²) in [7, 11) is 1.90. The second kappa shape index (κ2) is 3.39. The molecule has 0 atom stereocenters. The number of benzene rings is 1. The number of anilines is 1. The number of hydrogen-bond donors (Lipinski definition) is 1. The van der Waals surface area contributed by atoms with E-state index in [1.165, 1.54) is 0 Å². The standard InChI is InChI=1S/C7H7Br2N/c1-10-7-4-5(8)2-3-6(7)9/h2-4,10H,1H3. The van der Waals surface area contributed by atoms with Crippen molar-refractivity contribution in [3.05, 3.63) is 27.1 Å². The van der Waals surface area contributed by atoms with Gasteiger partial charge in [-0.1, -0.05) is 15.9 Å². The Bertz CT molecular complexity index is 235. The van der Waals surface area contributed by atoms with Crippen LogP contribution >= 0.6 is 31.9 Å². The molecule has 0 saturated carbocycles. The van der Waals surface area contributed by atoms with Crippen LogP contribution in [0.2, 0.25) is 0 Å². The summed E-state index contributed by atoms with van der Waals surface area (Å²) >= 11 is 6.78. The summed E-state index contributed by atoms with van der Waals surface area (Å²) < 4.78 is 2.17. The Morgan fingerprint density at radius 1 is 1.30 bits per heavy atom. The topological polar surface area (TPSA) is 12.0 Å². The first-order valence-corrected chi connectivity index (χ1v) is 4.45. The lowest BCUT2D eigenvalue weighted by Crippen LogP contribution is -1.87. The summed E-state index contributed by atoms with van der Waals surface area (Å²) in [5, 5.41) is 3.06. The molecule has 0 amide bonds. The highest BCUT2D eigenvalue weighted by atomic mass is 79.9. The molecule has 3 heteroatoms. The lowest BCUT2D eigenvalue weighted by atomic mass is 10.3. The van der Waals surface area contributed by atoms with Gasteiger partial charge < -0.3 is 5.32 Å². The molecule has 0 fully saturated rings. The molecule has 1 aromatic carbocycles. The first-order chi connectivity index (χ1) is 4.74. The maximum Gasteiger partial charge on any atom is 0.0493 e. The van der Waals surface area contributed by atoms with Gasteiger partial charge in [0.25, 0.3) is 0 Å². The summed E-state index contributed by atoms with van der Waals surface area (Å²) in [6, 6.07) is 6.00. The number of rotatable bonds is 1. The van der Waals surface area contributed by atoms with E-state index < -0.39 is 0 Å². The minimum absolute atomic E-state index is 1.08. The normalized spacial score (nSPS) is 9.50. The van der Waals surface area contributed by atoms with Crippen molar-refractivity contribution >= 4 is 37.5 Å². The van der Waals surface area contributed by atoms with Gasteiger partial charge in [-0.3, -0.25) is 0 Å². The van der Waals surface area contributed by atoms with E-state index in [9.17, 15) is 0 Å². The quantitative estimate of drug-likeness (QED) is 0.821. The lowest BCUT2D eigenvalue weighted by molar-refractivity contribution is 1.47. The zero-order chi connectivity index (χ0) is 7.56. The first kappa shape index (κ1) is 8.08. The summed E-state index contributed by atoms with van der Waals surface area (Å²) in [4.78, 5) is 0. The molecule has 0 spiro atoms. The molecule has 1 rings (SSSR count). The Labute approximate surface area is 77.1 Å². The van der Waals surface area contributed by atoms with Crippen molar-refractivity contribution in [3.8, 4) is 0 Å². The molecule has 0 aliphatic rings. The molecule has 0 radical (unpaired) electrons. The molecule has 0 heterocycles. The third-order valence-electron chi connectivity index (χ3n) is 1.20. The van der Waals surface area contributed by atoms with Gasteiger partial charge in [0.2, 0.25) is 0 Å². The van der Waals surface area contributed by atoms with Gasteiger partial charge in [-0.15, -0.1) is 0 Å². The van der Waals surface area contributed by atoms with Crippen molar-refractivity contribution in [2.75, 3.05) is 12.4 Å². The van der Waals surface area contributed by atoms with Crippen LogP contribution in [0.4, 0.5) is 5.69 Å². The van der Waals surface area contributed by atoms with Crippen molar-refractivity contribution < 1.29 is 0 Å². The SMILES string of the molecule is CNc1cc(Br)ccc1Br. The number of hydrogen-bond acceptors (Lipinski definition) is 1. The molecule has 0 bridgehead atoms. The Balaban J connectivity index is 3.09. The largest absolute Gasteiger partial charge is 0.387 e. The second-order valence-corrected chi connectivity index (χ2v) is 3.64. The summed E-state index contributed by atoms with van der Waals surface area (Å²) in [6.45, 7) is 0. The molecule has 0 unspecified atom stereocenters. The van der Waals surface area contributed by atoms with E-state index >= 15 is 0 Å². The molecule has 10 heavy (non-hydrogen) atoms. The van der Waals surface area contributed by atoms with Crippen molar-refractivity contribution in [2.45, 2.75) is 0 Å². The maximum atomic E-state index is 3.41. The minimum atomic E-state index is 1.08. The summed E-state index contributed by atoms with van der Waals surface area (Å²) in [5.74, 6) is 0. The fourth-order valence-electron chi connectivity index (χ4n) is 0.689. The predicted molar refractivity (Wildman–Crippen MR) is 51.4 cm³/mol. The maximum absolute atomic E-state index is 3.41. The minimum Gasteiger partial charge on any atom is -0.387 e. The van der Waals surface area contributed by atoms with Crippen LogP contribution in [0, 0.1) is 0 Å². The van der Waals surface area contributed by atoms with E-state index in [1.807, 2.05) is 25.2 Å². The average molecular weight is 265 g/mol. The second-order valence-electron chi connectivity index (χ2n) is 1.87. The highest BCUT2D eigenvalue weighted by molar-refractivity contribution is 9.11. The molecule has 1 aromatic rings. The molecule has 0 aromatic heterocycles. The first-order valence-electron chi connectivity index (χ1n) is 2.87. The van der Waals surface area contributed by atoms with Crippen molar-refractivity contribution in [1.82, 2.24) is 0 Å². The molecule has 54 valence electrons. The van der Waals surface area contributed by atoms with Crippen molar-refractivity contribution in [2.24, 2.45) is 0 Å². The van der Waals surface area contributed by atoms with Gasteiger partial charge >= 0.3 is 0 Å². The van der Waals surface area contributed by atoms with E-state index in [-0.39, 0.29) is 0 Å². The predicted octanol–water partition coefficient (Wildman–Crippen LogP) is 3.25. The van der Waals surface area contributed by atoms with Gasteiger partial charge in [0.15, 0.2) is 0 Å². The van der Waals surface area contributed by atoms with E-state index in [0.29, 0.717) is 0 Å². The van der Waals surface area contributed by atoms with E-state index in [2.05, 4.69) is 37.2 Å². The average Bonchev–Trinajstić information content (AvgIpc) is 1.94. The zero-order valence-corrected chi connectivity index (χ0v) is 8.66. The monoisotopic (exact) mass is 263 g/mol. The van der Waals surface area contributed by atoms with E-state index in [1.54, 1.807) is 0 Å². The zero-order valence-electron chi connectivity index (χ0n) is 5.49. The van der Waals surface area contributed by atoms with Crippen LogP contribution in [-0.4, -0.2) is 7.05 Å². The third kappa shape index (κ3) is 1.73. The van der Waals surface area contributed by atoms with Gasteiger partial charge in [0.1, 0.15) is 0 Å². The molecule has 1 nitrogen and oxygen atoms in total. The van der Waals surface area contributed by atoms with Gasteiger partial charge in [-0.25, -0.2) is 0 Å². The molecule has 0 aliphatic carbocycles. The highest BCUT2D eigenvalue weighted by Crippen LogP contribution is 2.25. The molecule has 1 N–H and O–H groups in total. The molecule has 0 aliphatic heterocycles. The van der Waals surface area contributed by atoms with Crippen LogP contribution in [0.1, 0.15) is 0 Å². The van der Waals surface area contributed by atoms with Gasteiger partial charge in [0.05, 0.1) is 0 Å². The van der Waals surface area contributed by atoms with Crippen LogP contribution in [0.25, 0.3) is 0 Å². The van der Waals surface area contributed by atoms with Crippen LogP contribution in [0.15, 0.2) is 27.1 Å². The Hall–Kier alpha value is -0.0200. The smallest absolute Gasteiger partial charge is 0.0493 e. The highest BCUT2D eigenvalue weighted by Gasteiger charge is 1.95. The van der Waals surface area contributed by atoms with Crippen LogP contribution in [0.3, 0.4) is 0 Å². The van der Waals surface area contributed by atoms with Gasteiger partial charge in [-0.05, 0) is 34.1 Å². The van der Waals surface area contributed by atoms with E-state index in [4.69, 9.17) is 0 Å². The lowest BCUT2D eigenvalue weighted by Gasteiger charge is -2.02. The van der Waals surface area contributed by atoms with Crippen LogP contribution in [0.5, 0.6) is 0 Å². The van der Waals surface area contributed by atoms with Gasteiger partial charge in [0, 0.05) is 21.7 Å². The van der Waals surface area contributed by atoms with Crippen LogP contribution < -0.4 is 5.32 Å². The fourth-order valence-corrected chi connectivity index (χ4v) is 1.50. The van der Waals surface area contributed by atoms with Gasteiger partial charge in [-0.2, -0.15) is 0 Å². The van der Waals surface area contributed by atoms with Crippen molar-refractivity contribution in [1.29, 1.82) is 0 Å². The van der Waals surface area contributed by atoms with Crippen LogP contribution in [-0.2, 0) is 0 Å².